The molecule has 1 rings (SSSR count). The Morgan fingerprint density at radius 1 is 1.55 bits per heavy atom. The van der Waals surface area contributed by atoms with Crippen LogP contribution < -0.4 is 11.3 Å². The molecule has 0 aromatic carbocycles. The third-order valence-corrected chi connectivity index (χ3v) is 2.57. The molecule has 5 heteroatoms. The summed E-state index contributed by atoms with van der Waals surface area (Å²) in [7, 11) is 0. The zero-order chi connectivity index (χ0) is 8.10. The van der Waals surface area contributed by atoms with E-state index in [1.54, 1.807) is 0 Å². The molecule has 11 heavy (non-hydrogen) atoms. The van der Waals surface area contributed by atoms with E-state index in [-0.39, 0.29) is 5.91 Å². The topological polar surface area (TPSA) is 58.4 Å². The van der Waals surface area contributed by atoms with Crippen molar-refractivity contribution in [2.24, 2.45) is 5.84 Å². The van der Waals surface area contributed by atoms with E-state index >= 15 is 0 Å². The van der Waals surface area contributed by atoms with Crippen molar-refractivity contribution < 1.29 is 4.79 Å². The van der Waals surface area contributed by atoms with Crippen molar-refractivity contribution in [3.63, 3.8) is 0 Å². The van der Waals surface area contributed by atoms with Crippen LogP contribution in [-0.2, 0) is 4.79 Å². The van der Waals surface area contributed by atoms with Crippen LogP contribution in [0.25, 0.3) is 0 Å². The standard InChI is InChI=1S/C6H13N3OS/c7-8-6(10)5-9-1-3-11-4-2-9/h1-5,7H2,(H,8,10). The molecule has 4 nitrogen and oxygen atoms in total. The first-order valence-corrected chi connectivity index (χ1v) is 4.78. The Morgan fingerprint density at radius 2 is 2.18 bits per heavy atom. The number of carbonyl (C=O) groups excluding carboxylic acids is 1. The summed E-state index contributed by atoms with van der Waals surface area (Å²) in [5.41, 5.74) is 2.12. The van der Waals surface area contributed by atoms with Gasteiger partial charge in [0, 0.05) is 24.6 Å². The minimum atomic E-state index is -0.100. The molecule has 3 N–H and O–H groups in total. The largest absolute Gasteiger partial charge is 0.293 e. The monoisotopic (exact) mass is 175 g/mol. The Kier molecular flexibility index (Phi) is 3.68. The van der Waals surface area contributed by atoms with Gasteiger partial charge in [0.1, 0.15) is 0 Å². The molecule has 0 radical (unpaired) electrons. The normalized spacial score (nSPS) is 19.7. The van der Waals surface area contributed by atoms with Crippen LogP contribution in [-0.4, -0.2) is 41.9 Å². The van der Waals surface area contributed by atoms with Gasteiger partial charge in [-0.15, -0.1) is 0 Å². The molecule has 1 aliphatic heterocycles. The van der Waals surface area contributed by atoms with E-state index in [9.17, 15) is 4.79 Å². The van der Waals surface area contributed by atoms with E-state index in [0.29, 0.717) is 6.54 Å². The maximum atomic E-state index is 10.8. The lowest BCUT2D eigenvalue weighted by molar-refractivity contribution is -0.122. The molecule has 1 saturated heterocycles. The van der Waals surface area contributed by atoms with Gasteiger partial charge >= 0.3 is 0 Å². The van der Waals surface area contributed by atoms with Crippen molar-refractivity contribution in [2.75, 3.05) is 31.1 Å². The quantitative estimate of drug-likeness (QED) is 0.322. The molecular formula is C6H13N3OS. The van der Waals surface area contributed by atoms with Crippen molar-refractivity contribution in [2.45, 2.75) is 0 Å². The molecule has 0 aromatic rings. The van der Waals surface area contributed by atoms with Gasteiger partial charge < -0.3 is 0 Å². The Balaban J connectivity index is 2.19. The summed E-state index contributed by atoms with van der Waals surface area (Å²) in [6.07, 6.45) is 0. The van der Waals surface area contributed by atoms with E-state index in [1.807, 2.05) is 11.8 Å². The zero-order valence-electron chi connectivity index (χ0n) is 6.38. The van der Waals surface area contributed by atoms with Crippen molar-refractivity contribution in [1.82, 2.24) is 10.3 Å². The fourth-order valence-electron chi connectivity index (χ4n) is 1.01. The minimum Gasteiger partial charge on any atom is -0.293 e. The Bertz CT molecular complexity index is 136. The van der Waals surface area contributed by atoms with E-state index < -0.39 is 0 Å². The molecular weight excluding hydrogens is 162 g/mol. The van der Waals surface area contributed by atoms with E-state index in [1.165, 1.54) is 0 Å². The van der Waals surface area contributed by atoms with Gasteiger partial charge in [0.2, 0.25) is 5.91 Å². The van der Waals surface area contributed by atoms with Gasteiger partial charge in [0.25, 0.3) is 0 Å². The molecule has 0 spiro atoms. The van der Waals surface area contributed by atoms with Gasteiger partial charge in [0.15, 0.2) is 0 Å². The first kappa shape index (κ1) is 8.83. The second-order valence-corrected chi connectivity index (χ2v) is 3.68. The number of nitrogens with zero attached hydrogens (tertiary/aromatic N) is 1. The Morgan fingerprint density at radius 3 is 2.73 bits per heavy atom. The van der Waals surface area contributed by atoms with Gasteiger partial charge in [-0.1, -0.05) is 0 Å². The highest BCUT2D eigenvalue weighted by Crippen LogP contribution is 2.07. The van der Waals surface area contributed by atoms with Gasteiger partial charge in [-0.2, -0.15) is 11.8 Å². The van der Waals surface area contributed by atoms with Gasteiger partial charge in [-0.3, -0.25) is 15.1 Å². The van der Waals surface area contributed by atoms with Crippen LogP contribution in [0, 0.1) is 0 Å². The maximum Gasteiger partial charge on any atom is 0.248 e. The minimum absolute atomic E-state index is 0.100. The van der Waals surface area contributed by atoms with Gasteiger partial charge in [-0.25, -0.2) is 5.84 Å². The fraction of sp³-hybridized carbons (Fsp3) is 0.833. The summed E-state index contributed by atoms with van der Waals surface area (Å²) in [6.45, 7) is 2.44. The van der Waals surface area contributed by atoms with Crippen molar-refractivity contribution in [1.29, 1.82) is 0 Å². The summed E-state index contributed by atoms with van der Waals surface area (Å²) >= 11 is 1.93. The lowest BCUT2D eigenvalue weighted by atomic mass is 10.4. The number of nitrogens with two attached hydrogens (primary N) is 1. The Labute approximate surface area is 70.5 Å². The molecule has 1 amide bonds. The number of rotatable bonds is 2. The van der Waals surface area contributed by atoms with E-state index in [2.05, 4.69) is 10.3 Å². The number of carbonyl (C=O) groups is 1. The second kappa shape index (κ2) is 4.58. The van der Waals surface area contributed by atoms with Crippen LogP contribution in [0.4, 0.5) is 0 Å². The van der Waals surface area contributed by atoms with Crippen LogP contribution >= 0.6 is 11.8 Å². The lowest BCUT2D eigenvalue weighted by Gasteiger charge is -2.24. The van der Waals surface area contributed by atoms with Gasteiger partial charge in [0.05, 0.1) is 6.54 Å². The molecule has 1 heterocycles. The number of hydrogen-bond acceptors (Lipinski definition) is 4. The number of nitrogens with one attached hydrogen (secondary N) is 1. The lowest BCUT2D eigenvalue weighted by Crippen LogP contribution is -2.43. The number of amides is 1. The summed E-state index contributed by atoms with van der Waals surface area (Å²) in [5, 5.41) is 0. The predicted molar refractivity (Wildman–Crippen MR) is 46.1 cm³/mol. The average molecular weight is 175 g/mol. The van der Waals surface area contributed by atoms with E-state index in [0.717, 1.165) is 24.6 Å². The number of hydrogen-bond donors (Lipinski definition) is 2. The second-order valence-electron chi connectivity index (χ2n) is 2.46. The van der Waals surface area contributed by atoms with Crippen molar-refractivity contribution in [3.8, 4) is 0 Å². The highest BCUT2D eigenvalue weighted by Gasteiger charge is 2.12. The van der Waals surface area contributed by atoms with Crippen LogP contribution in [0.15, 0.2) is 0 Å². The first-order chi connectivity index (χ1) is 5.33. The Hall–Kier alpha value is -0.260. The van der Waals surface area contributed by atoms with Crippen LogP contribution in [0.2, 0.25) is 0 Å². The molecule has 64 valence electrons. The maximum absolute atomic E-state index is 10.8. The molecule has 0 aromatic heterocycles. The third kappa shape index (κ3) is 3.09. The third-order valence-electron chi connectivity index (χ3n) is 1.63. The first-order valence-electron chi connectivity index (χ1n) is 3.62. The molecule has 0 aliphatic carbocycles. The van der Waals surface area contributed by atoms with Gasteiger partial charge in [-0.05, 0) is 0 Å². The SMILES string of the molecule is NNC(=O)CN1CCSCC1. The highest BCUT2D eigenvalue weighted by molar-refractivity contribution is 7.99. The molecule has 0 saturated carbocycles. The van der Waals surface area contributed by atoms with Crippen LogP contribution in [0.1, 0.15) is 0 Å². The summed E-state index contributed by atoms with van der Waals surface area (Å²) in [6, 6.07) is 0. The average Bonchev–Trinajstić information content (AvgIpc) is 2.06. The van der Waals surface area contributed by atoms with E-state index in [4.69, 9.17) is 5.84 Å². The molecule has 0 bridgehead atoms. The molecule has 1 fully saturated rings. The van der Waals surface area contributed by atoms with Crippen LogP contribution in [0.5, 0.6) is 0 Å². The summed E-state index contributed by atoms with van der Waals surface area (Å²) < 4.78 is 0. The molecule has 0 atom stereocenters. The fourth-order valence-corrected chi connectivity index (χ4v) is 1.99. The van der Waals surface area contributed by atoms with Crippen molar-refractivity contribution >= 4 is 17.7 Å². The highest BCUT2D eigenvalue weighted by atomic mass is 32.2. The number of hydrazine groups is 1. The number of thioether (sulfide) groups is 1. The smallest absolute Gasteiger partial charge is 0.248 e. The summed E-state index contributed by atoms with van der Waals surface area (Å²) in [5.74, 6) is 7.10. The molecule has 1 aliphatic rings. The predicted octanol–water partition coefficient (Wildman–Crippen LogP) is -0.975. The molecule has 0 unspecified atom stereocenters. The summed E-state index contributed by atoms with van der Waals surface area (Å²) in [4.78, 5) is 12.9. The van der Waals surface area contributed by atoms with Crippen LogP contribution in [0.3, 0.4) is 0 Å². The van der Waals surface area contributed by atoms with Crippen molar-refractivity contribution in [3.05, 3.63) is 0 Å². The zero-order valence-corrected chi connectivity index (χ0v) is 7.19.